The van der Waals surface area contributed by atoms with Gasteiger partial charge in [-0.1, -0.05) is 36.5 Å². The van der Waals surface area contributed by atoms with Crippen LogP contribution in [0.15, 0.2) is 81.7 Å². The minimum atomic E-state index is 0.841. The zero-order valence-electron chi connectivity index (χ0n) is 12.0. The van der Waals surface area contributed by atoms with Crippen molar-refractivity contribution in [3.63, 3.8) is 0 Å². The summed E-state index contributed by atoms with van der Waals surface area (Å²) in [5, 5.41) is 0. The standard InChI is InChI=1S/C18H21N/c1-5-10-17(14-13-15(3)19-4)18-12-9-7-8-11-16(18)6-2/h5-8,10-13H,4,14H2,1-3H3/b10-5-,15-13-,16-6+,18-17+. The molecular weight excluding hydrogens is 230 g/mol. The minimum absolute atomic E-state index is 0.841. The first kappa shape index (κ1) is 14.9. The summed E-state index contributed by atoms with van der Waals surface area (Å²) in [4.78, 5) is 3.93. The van der Waals surface area contributed by atoms with Crippen LogP contribution in [0.2, 0.25) is 0 Å². The van der Waals surface area contributed by atoms with Crippen molar-refractivity contribution >= 4 is 6.72 Å². The van der Waals surface area contributed by atoms with Crippen molar-refractivity contribution in [1.82, 2.24) is 0 Å². The van der Waals surface area contributed by atoms with E-state index in [1.165, 1.54) is 16.7 Å². The van der Waals surface area contributed by atoms with Gasteiger partial charge in [0.15, 0.2) is 0 Å². The summed E-state index contributed by atoms with van der Waals surface area (Å²) in [6.07, 6.45) is 17.3. The molecule has 0 aromatic rings. The molecule has 0 fully saturated rings. The molecule has 0 saturated carbocycles. The molecule has 0 atom stereocenters. The maximum absolute atomic E-state index is 3.93. The number of hydrogen-bond donors (Lipinski definition) is 0. The predicted octanol–water partition coefficient (Wildman–Crippen LogP) is 5.08. The van der Waals surface area contributed by atoms with Crippen molar-refractivity contribution in [3.8, 4) is 0 Å². The normalized spacial score (nSPS) is 20.2. The Labute approximate surface area is 116 Å². The van der Waals surface area contributed by atoms with E-state index < -0.39 is 0 Å². The maximum Gasteiger partial charge on any atom is 0.0328 e. The van der Waals surface area contributed by atoms with Gasteiger partial charge in [0.1, 0.15) is 0 Å². The zero-order valence-corrected chi connectivity index (χ0v) is 12.0. The van der Waals surface area contributed by atoms with Gasteiger partial charge in [0.05, 0.1) is 0 Å². The number of aliphatic imine (C=N–C) groups is 1. The van der Waals surface area contributed by atoms with Gasteiger partial charge < -0.3 is 0 Å². The predicted molar refractivity (Wildman–Crippen MR) is 85.3 cm³/mol. The highest BCUT2D eigenvalue weighted by Crippen LogP contribution is 2.23. The van der Waals surface area contributed by atoms with E-state index in [2.05, 4.69) is 54.7 Å². The van der Waals surface area contributed by atoms with E-state index in [9.17, 15) is 0 Å². The highest BCUT2D eigenvalue weighted by molar-refractivity contribution is 5.54. The molecule has 0 amide bonds. The van der Waals surface area contributed by atoms with E-state index in [0.717, 1.165) is 12.1 Å². The van der Waals surface area contributed by atoms with E-state index in [4.69, 9.17) is 0 Å². The van der Waals surface area contributed by atoms with Gasteiger partial charge in [-0.3, -0.25) is 4.99 Å². The van der Waals surface area contributed by atoms with Crippen molar-refractivity contribution in [2.75, 3.05) is 0 Å². The van der Waals surface area contributed by atoms with E-state index >= 15 is 0 Å². The topological polar surface area (TPSA) is 12.4 Å². The number of nitrogens with zero attached hydrogens (tertiary/aromatic N) is 1. The van der Waals surface area contributed by atoms with Gasteiger partial charge in [-0.2, -0.15) is 0 Å². The average molecular weight is 251 g/mol. The lowest BCUT2D eigenvalue weighted by atomic mass is 9.96. The van der Waals surface area contributed by atoms with Gasteiger partial charge in [-0.25, -0.2) is 0 Å². The zero-order chi connectivity index (χ0) is 14.1. The van der Waals surface area contributed by atoms with Gasteiger partial charge in [0, 0.05) is 5.70 Å². The fourth-order valence-electron chi connectivity index (χ4n) is 1.83. The molecule has 98 valence electrons. The second kappa shape index (κ2) is 8.07. The number of allylic oxidation sites excluding steroid dienone is 11. The van der Waals surface area contributed by atoms with E-state index in [1.807, 2.05) is 32.1 Å². The van der Waals surface area contributed by atoms with Crippen molar-refractivity contribution in [3.05, 3.63) is 76.8 Å². The highest BCUT2D eigenvalue weighted by Gasteiger charge is 2.05. The average Bonchev–Trinajstić information content (AvgIpc) is 2.68. The molecule has 0 heterocycles. The number of hydrogen-bond acceptors (Lipinski definition) is 1. The van der Waals surface area contributed by atoms with E-state index in [1.54, 1.807) is 0 Å². The van der Waals surface area contributed by atoms with Crippen LogP contribution < -0.4 is 0 Å². The van der Waals surface area contributed by atoms with Crippen molar-refractivity contribution in [2.45, 2.75) is 27.2 Å². The van der Waals surface area contributed by atoms with Crippen LogP contribution in [0, 0.1) is 0 Å². The molecule has 0 aliphatic heterocycles. The monoisotopic (exact) mass is 251 g/mol. The fraction of sp³-hybridized carbons (Fsp3) is 0.222. The molecule has 0 bridgehead atoms. The lowest BCUT2D eigenvalue weighted by molar-refractivity contribution is 1.18. The lowest BCUT2D eigenvalue weighted by Crippen LogP contribution is -1.90. The first-order valence-electron chi connectivity index (χ1n) is 6.48. The summed E-state index contributed by atoms with van der Waals surface area (Å²) >= 11 is 0. The largest absolute Gasteiger partial charge is 0.270 e. The van der Waals surface area contributed by atoms with Gasteiger partial charge in [-0.15, -0.1) is 5.73 Å². The van der Waals surface area contributed by atoms with Crippen LogP contribution in [0.5, 0.6) is 0 Å². The first-order valence-corrected chi connectivity index (χ1v) is 6.48. The Hall–Kier alpha value is -2.11. The van der Waals surface area contributed by atoms with Crippen LogP contribution >= 0.6 is 0 Å². The molecule has 1 aliphatic carbocycles. The maximum atomic E-state index is 3.93. The number of rotatable bonds is 4. The third-order valence-electron chi connectivity index (χ3n) is 2.90. The lowest BCUT2D eigenvalue weighted by Gasteiger charge is -2.08. The third-order valence-corrected chi connectivity index (χ3v) is 2.90. The summed E-state index contributed by atoms with van der Waals surface area (Å²) in [5.74, 6) is 0. The second-order valence-electron chi connectivity index (χ2n) is 4.23. The SMILES string of the molecule is C=N/C(C)=C\CC(/C=C\C)=C1\C=C=CC=C\C1=C/C. The van der Waals surface area contributed by atoms with Crippen molar-refractivity contribution in [2.24, 2.45) is 4.99 Å². The summed E-state index contributed by atoms with van der Waals surface area (Å²) in [5.41, 5.74) is 7.81. The Kier molecular flexibility index (Phi) is 6.35. The van der Waals surface area contributed by atoms with E-state index in [0.29, 0.717) is 0 Å². The van der Waals surface area contributed by atoms with Crippen LogP contribution in [0.25, 0.3) is 0 Å². The van der Waals surface area contributed by atoms with Crippen LogP contribution in [0.3, 0.4) is 0 Å². The first-order chi connectivity index (χ1) is 9.22. The molecule has 0 radical (unpaired) electrons. The van der Waals surface area contributed by atoms with Gasteiger partial charge in [0.25, 0.3) is 0 Å². The van der Waals surface area contributed by atoms with Gasteiger partial charge in [0.2, 0.25) is 0 Å². The summed E-state index contributed by atoms with van der Waals surface area (Å²) in [6.45, 7) is 9.59. The molecule has 0 aromatic heterocycles. The highest BCUT2D eigenvalue weighted by atomic mass is 14.7. The van der Waals surface area contributed by atoms with Crippen LogP contribution in [0.4, 0.5) is 0 Å². The van der Waals surface area contributed by atoms with Gasteiger partial charge >= 0.3 is 0 Å². The summed E-state index contributed by atoms with van der Waals surface area (Å²) < 4.78 is 0. The summed E-state index contributed by atoms with van der Waals surface area (Å²) in [6, 6.07) is 0. The quantitative estimate of drug-likeness (QED) is 0.488. The Balaban J connectivity index is 3.27. The minimum Gasteiger partial charge on any atom is -0.270 e. The Morgan fingerprint density at radius 2 is 2.21 bits per heavy atom. The van der Waals surface area contributed by atoms with Crippen molar-refractivity contribution < 1.29 is 0 Å². The summed E-state index contributed by atoms with van der Waals surface area (Å²) in [7, 11) is 0. The second-order valence-corrected chi connectivity index (χ2v) is 4.23. The molecule has 1 heteroatoms. The molecule has 0 N–H and O–H groups in total. The Bertz CT molecular complexity index is 542. The van der Waals surface area contributed by atoms with Crippen LogP contribution in [0.1, 0.15) is 27.2 Å². The molecule has 0 saturated heterocycles. The van der Waals surface area contributed by atoms with Crippen molar-refractivity contribution in [1.29, 1.82) is 0 Å². The van der Waals surface area contributed by atoms with Gasteiger partial charge in [-0.05, 0) is 62.8 Å². The molecule has 1 nitrogen and oxygen atoms in total. The molecule has 0 aromatic carbocycles. The Morgan fingerprint density at radius 3 is 2.84 bits per heavy atom. The van der Waals surface area contributed by atoms with Crippen LogP contribution in [-0.4, -0.2) is 6.72 Å². The third kappa shape index (κ3) is 4.57. The molecule has 0 unspecified atom stereocenters. The molecule has 1 rings (SSSR count). The van der Waals surface area contributed by atoms with E-state index in [-0.39, 0.29) is 0 Å². The molecule has 1 aliphatic rings. The molecular formula is C18H21N. The smallest absolute Gasteiger partial charge is 0.0328 e. The molecule has 0 spiro atoms. The Morgan fingerprint density at radius 1 is 1.42 bits per heavy atom. The molecule has 19 heavy (non-hydrogen) atoms. The van der Waals surface area contributed by atoms with Crippen LogP contribution in [-0.2, 0) is 0 Å². The fourth-order valence-corrected chi connectivity index (χ4v) is 1.83.